The molecule has 1 heterocycles. The molecule has 1 aromatic carbocycles. The van der Waals surface area contributed by atoms with Gasteiger partial charge >= 0.3 is 6.18 Å². The standard InChI is InChI=1S/C13H11BrF3NS/c1-18-12(11-3-2-6-19-11)9-5-4-8(14)7-10(9)13(15,16)17/h2-7,12,18H,1H3. The summed E-state index contributed by atoms with van der Waals surface area (Å²) in [6.45, 7) is 0. The number of alkyl halides is 3. The van der Waals surface area contributed by atoms with Gasteiger partial charge in [-0.05, 0) is 36.2 Å². The molecule has 2 aromatic rings. The monoisotopic (exact) mass is 349 g/mol. The predicted octanol–water partition coefficient (Wildman–Crippen LogP) is 4.84. The lowest BCUT2D eigenvalue weighted by Gasteiger charge is -2.20. The summed E-state index contributed by atoms with van der Waals surface area (Å²) >= 11 is 4.52. The first kappa shape index (κ1) is 14.6. The Morgan fingerprint density at radius 2 is 2.00 bits per heavy atom. The summed E-state index contributed by atoms with van der Waals surface area (Å²) < 4.78 is 39.8. The summed E-state index contributed by atoms with van der Waals surface area (Å²) in [5.74, 6) is 0. The Balaban J connectivity index is 2.55. The van der Waals surface area contributed by atoms with Crippen molar-refractivity contribution >= 4 is 27.3 Å². The molecule has 0 aliphatic heterocycles. The van der Waals surface area contributed by atoms with Crippen LogP contribution < -0.4 is 5.32 Å². The molecule has 2 rings (SSSR count). The Hall–Kier alpha value is -0.850. The van der Waals surface area contributed by atoms with Crippen molar-refractivity contribution in [2.24, 2.45) is 0 Å². The highest BCUT2D eigenvalue weighted by atomic mass is 79.9. The Kier molecular flexibility index (Phi) is 4.32. The topological polar surface area (TPSA) is 12.0 Å². The number of thiophene rings is 1. The first-order valence-electron chi connectivity index (χ1n) is 5.51. The van der Waals surface area contributed by atoms with Gasteiger partial charge in [0, 0.05) is 9.35 Å². The van der Waals surface area contributed by atoms with Crippen LogP contribution in [0.15, 0.2) is 40.2 Å². The summed E-state index contributed by atoms with van der Waals surface area (Å²) in [6, 6.07) is 7.46. The molecule has 1 aromatic heterocycles. The number of hydrogen-bond acceptors (Lipinski definition) is 2. The minimum atomic E-state index is -4.37. The highest BCUT2D eigenvalue weighted by Gasteiger charge is 2.35. The quantitative estimate of drug-likeness (QED) is 0.835. The molecular formula is C13H11BrF3NS. The van der Waals surface area contributed by atoms with Crippen LogP contribution >= 0.6 is 27.3 Å². The van der Waals surface area contributed by atoms with Crippen LogP contribution in [0.3, 0.4) is 0 Å². The van der Waals surface area contributed by atoms with Gasteiger partial charge < -0.3 is 5.32 Å². The van der Waals surface area contributed by atoms with Crippen molar-refractivity contribution in [1.82, 2.24) is 5.32 Å². The second-order valence-corrected chi connectivity index (χ2v) is 5.86. The molecule has 0 spiro atoms. The Morgan fingerprint density at radius 3 is 2.53 bits per heavy atom. The minimum absolute atomic E-state index is 0.237. The maximum Gasteiger partial charge on any atom is 0.416 e. The molecule has 0 bridgehead atoms. The first-order valence-corrected chi connectivity index (χ1v) is 7.18. The second-order valence-electron chi connectivity index (χ2n) is 3.97. The molecule has 0 fully saturated rings. The molecule has 0 aliphatic rings. The number of nitrogens with one attached hydrogen (secondary N) is 1. The van der Waals surface area contributed by atoms with E-state index in [1.807, 2.05) is 17.5 Å². The van der Waals surface area contributed by atoms with Gasteiger partial charge in [-0.3, -0.25) is 0 Å². The van der Waals surface area contributed by atoms with Crippen LogP contribution in [0.25, 0.3) is 0 Å². The van der Waals surface area contributed by atoms with Gasteiger partial charge in [0.15, 0.2) is 0 Å². The lowest BCUT2D eigenvalue weighted by molar-refractivity contribution is -0.138. The molecule has 0 saturated carbocycles. The zero-order chi connectivity index (χ0) is 14.0. The van der Waals surface area contributed by atoms with Gasteiger partial charge in [-0.2, -0.15) is 13.2 Å². The number of rotatable bonds is 3. The fraction of sp³-hybridized carbons (Fsp3) is 0.231. The van der Waals surface area contributed by atoms with Crippen molar-refractivity contribution in [3.8, 4) is 0 Å². The van der Waals surface area contributed by atoms with E-state index in [0.717, 1.165) is 10.9 Å². The van der Waals surface area contributed by atoms with Crippen LogP contribution in [0.4, 0.5) is 13.2 Å². The predicted molar refractivity (Wildman–Crippen MR) is 74.4 cm³/mol. The van der Waals surface area contributed by atoms with Crippen molar-refractivity contribution in [1.29, 1.82) is 0 Å². The van der Waals surface area contributed by atoms with Gasteiger partial charge in [-0.15, -0.1) is 11.3 Å². The highest BCUT2D eigenvalue weighted by Crippen LogP contribution is 2.38. The molecule has 102 valence electrons. The zero-order valence-electron chi connectivity index (χ0n) is 9.96. The maximum atomic E-state index is 13.1. The molecule has 6 heteroatoms. The van der Waals surface area contributed by atoms with Gasteiger partial charge in [0.25, 0.3) is 0 Å². The number of benzene rings is 1. The third-order valence-electron chi connectivity index (χ3n) is 2.75. The van der Waals surface area contributed by atoms with E-state index < -0.39 is 17.8 Å². The van der Waals surface area contributed by atoms with Crippen LogP contribution in [0.1, 0.15) is 22.0 Å². The molecule has 19 heavy (non-hydrogen) atoms. The van der Waals surface area contributed by atoms with E-state index in [1.54, 1.807) is 13.1 Å². The lowest BCUT2D eigenvalue weighted by Crippen LogP contribution is -2.21. The summed E-state index contributed by atoms with van der Waals surface area (Å²) in [5, 5.41) is 4.80. The fourth-order valence-corrected chi connectivity index (χ4v) is 3.15. The molecule has 0 saturated heterocycles. The molecule has 1 atom stereocenters. The summed E-state index contributed by atoms with van der Waals surface area (Å²) in [7, 11) is 1.66. The molecule has 1 unspecified atom stereocenters. The lowest BCUT2D eigenvalue weighted by atomic mass is 9.99. The van der Waals surface area contributed by atoms with E-state index in [4.69, 9.17) is 0 Å². The highest BCUT2D eigenvalue weighted by molar-refractivity contribution is 9.10. The molecule has 0 amide bonds. The zero-order valence-corrected chi connectivity index (χ0v) is 12.4. The average molecular weight is 350 g/mol. The Bertz CT molecular complexity index is 552. The van der Waals surface area contributed by atoms with Gasteiger partial charge in [-0.1, -0.05) is 28.1 Å². The second kappa shape index (κ2) is 5.64. The van der Waals surface area contributed by atoms with E-state index in [1.165, 1.54) is 17.4 Å². The van der Waals surface area contributed by atoms with Crippen LogP contribution in [-0.2, 0) is 6.18 Å². The van der Waals surface area contributed by atoms with Gasteiger partial charge in [0.2, 0.25) is 0 Å². The van der Waals surface area contributed by atoms with Crippen molar-refractivity contribution in [2.75, 3.05) is 7.05 Å². The number of hydrogen-bond donors (Lipinski definition) is 1. The maximum absolute atomic E-state index is 13.1. The normalized spacial score (nSPS) is 13.5. The van der Waals surface area contributed by atoms with Crippen molar-refractivity contribution in [3.63, 3.8) is 0 Å². The molecule has 0 radical (unpaired) electrons. The summed E-state index contributed by atoms with van der Waals surface area (Å²) in [4.78, 5) is 0.857. The first-order chi connectivity index (χ1) is 8.93. The van der Waals surface area contributed by atoms with Gasteiger partial charge in [-0.25, -0.2) is 0 Å². The van der Waals surface area contributed by atoms with Crippen molar-refractivity contribution < 1.29 is 13.2 Å². The van der Waals surface area contributed by atoms with E-state index in [-0.39, 0.29) is 5.56 Å². The van der Waals surface area contributed by atoms with E-state index in [2.05, 4.69) is 21.2 Å². The third kappa shape index (κ3) is 3.19. The summed E-state index contributed by atoms with van der Waals surface area (Å²) in [6.07, 6.45) is -4.37. The van der Waals surface area contributed by atoms with Crippen LogP contribution in [0.5, 0.6) is 0 Å². The minimum Gasteiger partial charge on any atom is -0.309 e. The SMILES string of the molecule is CNC(c1cccs1)c1ccc(Br)cc1C(F)(F)F. The van der Waals surface area contributed by atoms with Crippen LogP contribution in [-0.4, -0.2) is 7.05 Å². The van der Waals surface area contributed by atoms with Crippen molar-refractivity contribution in [2.45, 2.75) is 12.2 Å². The molecule has 0 aliphatic carbocycles. The van der Waals surface area contributed by atoms with Gasteiger partial charge in [0.05, 0.1) is 11.6 Å². The third-order valence-corrected chi connectivity index (χ3v) is 4.18. The van der Waals surface area contributed by atoms with Crippen molar-refractivity contribution in [3.05, 3.63) is 56.2 Å². The fourth-order valence-electron chi connectivity index (χ4n) is 1.93. The smallest absolute Gasteiger partial charge is 0.309 e. The Morgan fingerprint density at radius 1 is 1.26 bits per heavy atom. The van der Waals surface area contributed by atoms with E-state index in [9.17, 15) is 13.2 Å². The van der Waals surface area contributed by atoms with E-state index in [0.29, 0.717) is 4.47 Å². The number of halogens is 4. The summed E-state index contributed by atoms with van der Waals surface area (Å²) in [5.41, 5.74) is -0.379. The van der Waals surface area contributed by atoms with Crippen LogP contribution in [0, 0.1) is 0 Å². The average Bonchev–Trinajstić information content (AvgIpc) is 2.84. The molecule has 1 N–H and O–H groups in total. The van der Waals surface area contributed by atoms with Crippen LogP contribution in [0.2, 0.25) is 0 Å². The van der Waals surface area contributed by atoms with Gasteiger partial charge in [0.1, 0.15) is 0 Å². The Labute approximate surface area is 121 Å². The largest absolute Gasteiger partial charge is 0.416 e. The molecular weight excluding hydrogens is 339 g/mol. The van der Waals surface area contributed by atoms with E-state index >= 15 is 0 Å². The molecule has 1 nitrogen and oxygen atoms in total.